The molecule has 2 saturated carbocycles. The largest absolute Gasteiger partial charge is 0.490 e. The fraction of sp³-hybridized carbons (Fsp3) is 0.722. The summed E-state index contributed by atoms with van der Waals surface area (Å²) < 4.78 is 14.0. The molecular weight excluding hydrogens is 496 g/mol. The van der Waals surface area contributed by atoms with Gasteiger partial charge in [-0.1, -0.05) is 73.6 Å². The Morgan fingerprint density at radius 2 is 1.05 bits per heavy atom. The summed E-state index contributed by atoms with van der Waals surface area (Å²) in [5, 5.41) is 2.66. The number of benzene rings is 2. The third kappa shape index (κ3) is 6.60. The van der Waals surface area contributed by atoms with Gasteiger partial charge >= 0.3 is 0 Å². The van der Waals surface area contributed by atoms with Crippen LogP contribution in [0.15, 0.2) is 35.2 Å². The summed E-state index contributed by atoms with van der Waals surface area (Å²) in [6.45, 7) is 19.3. The van der Waals surface area contributed by atoms with E-state index in [0.29, 0.717) is 23.0 Å². The van der Waals surface area contributed by atoms with Gasteiger partial charge in [0.1, 0.15) is 17.3 Å². The minimum absolute atomic E-state index is 0.227. The summed E-state index contributed by atoms with van der Waals surface area (Å²) in [6, 6.07) is 11.4. The van der Waals surface area contributed by atoms with Gasteiger partial charge in [-0.15, -0.1) is 0 Å². The molecule has 2 unspecified atom stereocenters. The summed E-state index contributed by atoms with van der Waals surface area (Å²) in [7, 11) is 0.227. The van der Waals surface area contributed by atoms with Crippen LogP contribution in [0.2, 0.25) is 0 Å². The van der Waals surface area contributed by atoms with E-state index in [9.17, 15) is 0 Å². The molecule has 2 atom stereocenters. The van der Waals surface area contributed by atoms with Crippen LogP contribution in [0, 0.1) is 34.5 Å². The van der Waals surface area contributed by atoms with Crippen LogP contribution < -0.4 is 9.47 Å². The summed E-state index contributed by atoms with van der Waals surface area (Å²) in [4.78, 5) is 1.49. The Balaban J connectivity index is 1.45. The standard InChI is InChI=1S/C36H55O2S/c1-24-22-39(23-25(24)2)34-31-12-10-9-11-30(31)32(37-28-17-13-26(14-18-28)35(3,4)5)21-33(34)38-29-19-15-27(16-20-29)36(6,7)8/h9-12,21,24-29H,13-20,22-23H2,1-8H3/q+1. The third-order valence-electron chi connectivity index (χ3n) is 10.5. The van der Waals surface area contributed by atoms with E-state index in [1.165, 1.54) is 65.7 Å². The van der Waals surface area contributed by atoms with Gasteiger partial charge in [0.05, 0.1) is 12.2 Å². The molecule has 0 radical (unpaired) electrons. The zero-order chi connectivity index (χ0) is 27.9. The first-order chi connectivity index (χ1) is 18.4. The number of hydrogen-bond donors (Lipinski definition) is 0. The van der Waals surface area contributed by atoms with Crippen molar-refractivity contribution in [3.8, 4) is 11.5 Å². The highest BCUT2D eigenvalue weighted by Crippen LogP contribution is 2.47. The van der Waals surface area contributed by atoms with E-state index >= 15 is 0 Å². The maximum Gasteiger partial charge on any atom is 0.204 e. The van der Waals surface area contributed by atoms with Crippen molar-refractivity contribution < 1.29 is 9.47 Å². The van der Waals surface area contributed by atoms with Crippen LogP contribution in [0.4, 0.5) is 0 Å². The van der Waals surface area contributed by atoms with Crippen molar-refractivity contribution in [3.63, 3.8) is 0 Å². The van der Waals surface area contributed by atoms with Gasteiger partial charge in [0.25, 0.3) is 0 Å². The topological polar surface area (TPSA) is 18.5 Å². The normalized spacial score (nSPS) is 32.4. The van der Waals surface area contributed by atoms with Crippen molar-refractivity contribution in [1.82, 2.24) is 0 Å². The molecule has 2 aromatic rings. The predicted molar refractivity (Wildman–Crippen MR) is 169 cm³/mol. The Labute approximate surface area is 242 Å². The molecule has 0 aromatic heterocycles. The molecule has 0 N–H and O–H groups in total. The van der Waals surface area contributed by atoms with E-state index in [0.717, 1.165) is 48.0 Å². The Morgan fingerprint density at radius 3 is 1.51 bits per heavy atom. The van der Waals surface area contributed by atoms with E-state index in [1.807, 2.05) is 0 Å². The zero-order valence-electron chi connectivity index (χ0n) is 26.1. The molecule has 3 fully saturated rings. The van der Waals surface area contributed by atoms with Crippen molar-refractivity contribution in [2.24, 2.45) is 34.5 Å². The lowest BCUT2D eigenvalue weighted by molar-refractivity contribution is 0.0831. The summed E-state index contributed by atoms with van der Waals surface area (Å²) >= 11 is 0. The summed E-state index contributed by atoms with van der Waals surface area (Å²) in [5.41, 5.74) is 0.784. The summed E-state index contributed by atoms with van der Waals surface area (Å²) in [5.74, 6) is 7.91. The first kappa shape index (κ1) is 29.2. The van der Waals surface area contributed by atoms with Gasteiger partial charge < -0.3 is 9.47 Å². The van der Waals surface area contributed by atoms with Gasteiger partial charge in [0, 0.05) is 39.6 Å². The number of ether oxygens (including phenoxy) is 2. The van der Waals surface area contributed by atoms with E-state index in [4.69, 9.17) is 9.47 Å². The SMILES string of the molecule is CC1C[S+](c2c(OC3CCC(C(C)(C)C)CC3)cc(OC3CCC(C(C)(C)C)CC3)c3ccccc23)CC1C. The number of rotatable bonds is 5. The smallest absolute Gasteiger partial charge is 0.204 e. The molecular formula is C36H55O2S+. The molecule has 3 aliphatic rings. The lowest BCUT2D eigenvalue weighted by Gasteiger charge is -2.37. The van der Waals surface area contributed by atoms with Crippen LogP contribution in [0.1, 0.15) is 107 Å². The highest BCUT2D eigenvalue weighted by molar-refractivity contribution is 7.97. The van der Waals surface area contributed by atoms with E-state index in [2.05, 4.69) is 85.7 Å². The zero-order valence-corrected chi connectivity index (χ0v) is 27.0. The van der Waals surface area contributed by atoms with Gasteiger partial charge in [-0.05, 0) is 80.1 Å². The van der Waals surface area contributed by atoms with E-state index in [1.54, 1.807) is 0 Å². The van der Waals surface area contributed by atoms with Crippen LogP contribution in [0.3, 0.4) is 0 Å². The Kier molecular flexibility index (Phi) is 8.59. The minimum Gasteiger partial charge on any atom is -0.490 e. The second kappa shape index (κ2) is 11.5. The lowest BCUT2D eigenvalue weighted by Crippen LogP contribution is -2.31. The second-order valence-corrected chi connectivity index (χ2v) is 17.5. The first-order valence-corrected chi connectivity index (χ1v) is 17.5. The average molecular weight is 552 g/mol. The van der Waals surface area contributed by atoms with Crippen LogP contribution in [-0.2, 0) is 10.9 Å². The highest BCUT2D eigenvalue weighted by atomic mass is 32.2. The molecule has 3 heteroatoms. The third-order valence-corrected chi connectivity index (χ3v) is 13.4. The Bertz CT molecular complexity index is 1100. The molecule has 216 valence electrons. The molecule has 2 aliphatic carbocycles. The van der Waals surface area contributed by atoms with Gasteiger partial charge in [-0.25, -0.2) is 0 Å². The van der Waals surface area contributed by atoms with Crippen LogP contribution in [0.5, 0.6) is 11.5 Å². The van der Waals surface area contributed by atoms with Crippen LogP contribution in [0.25, 0.3) is 10.8 Å². The summed E-state index contributed by atoms with van der Waals surface area (Å²) in [6.07, 6.45) is 10.4. The Morgan fingerprint density at radius 1 is 0.615 bits per heavy atom. The minimum atomic E-state index is 0.227. The molecule has 39 heavy (non-hydrogen) atoms. The van der Waals surface area contributed by atoms with Crippen molar-refractivity contribution in [3.05, 3.63) is 30.3 Å². The second-order valence-electron chi connectivity index (χ2n) is 15.4. The number of hydrogen-bond acceptors (Lipinski definition) is 2. The van der Waals surface area contributed by atoms with Crippen molar-refractivity contribution in [2.75, 3.05) is 11.5 Å². The molecule has 1 aliphatic heterocycles. The van der Waals surface area contributed by atoms with Crippen molar-refractivity contribution >= 4 is 21.7 Å². The van der Waals surface area contributed by atoms with Crippen molar-refractivity contribution in [2.45, 2.75) is 124 Å². The quantitative estimate of drug-likeness (QED) is 0.344. The van der Waals surface area contributed by atoms with Gasteiger partial charge in [0.15, 0.2) is 5.75 Å². The van der Waals surface area contributed by atoms with Crippen LogP contribution in [-0.4, -0.2) is 23.7 Å². The van der Waals surface area contributed by atoms with Gasteiger partial charge in [-0.3, -0.25) is 0 Å². The molecule has 1 heterocycles. The monoisotopic (exact) mass is 551 g/mol. The maximum atomic E-state index is 7.06. The fourth-order valence-corrected chi connectivity index (χ4v) is 10.7. The first-order valence-electron chi connectivity index (χ1n) is 16.0. The maximum absolute atomic E-state index is 7.06. The molecule has 1 saturated heterocycles. The van der Waals surface area contributed by atoms with Crippen molar-refractivity contribution in [1.29, 1.82) is 0 Å². The molecule has 5 rings (SSSR count). The van der Waals surface area contributed by atoms with Gasteiger partial charge in [-0.2, -0.15) is 0 Å². The van der Waals surface area contributed by atoms with E-state index in [-0.39, 0.29) is 10.9 Å². The average Bonchev–Trinajstić information content (AvgIpc) is 3.21. The molecule has 0 spiro atoms. The lowest BCUT2D eigenvalue weighted by atomic mass is 9.72. The molecule has 0 bridgehead atoms. The Hall–Kier alpha value is -1.35. The van der Waals surface area contributed by atoms with E-state index < -0.39 is 0 Å². The molecule has 2 nitrogen and oxygen atoms in total. The number of fused-ring (bicyclic) bond motifs is 1. The molecule has 2 aromatic carbocycles. The predicted octanol–water partition coefficient (Wildman–Crippen LogP) is 10.1. The van der Waals surface area contributed by atoms with Crippen LogP contribution >= 0.6 is 0 Å². The fourth-order valence-electron chi connectivity index (χ4n) is 7.42. The molecule has 0 amide bonds. The van der Waals surface area contributed by atoms with Gasteiger partial charge in [0.2, 0.25) is 4.90 Å². The highest BCUT2D eigenvalue weighted by Gasteiger charge is 2.42.